The molecule has 33 heavy (non-hydrogen) atoms. The minimum Gasteiger partial charge on any atom is -0.486 e. The van der Waals surface area contributed by atoms with Crippen molar-refractivity contribution in [1.82, 2.24) is 14.8 Å². The standard InChI is InChI=1S/C26H27N3O3S/c1-18(30)29-14-11-19-9-10-21(15-22(19)25(29)20-7-3-2-4-8-20)32-16-24-27-23(17-33-24)26(31)28-12-5-6-13-28/h2-4,7-10,15,17,25H,5-6,11-14,16H2,1H3. The highest BCUT2D eigenvalue weighted by molar-refractivity contribution is 7.09. The van der Waals surface area contributed by atoms with Crippen LogP contribution < -0.4 is 4.74 Å². The van der Waals surface area contributed by atoms with Crippen LogP contribution in [0.1, 0.15) is 58.0 Å². The smallest absolute Gasteiger partial charge is 0.273 e. The molecule has 2 aliphatic heterocycles. The van der Waals surface area contributed by atoms with E-state index in [1.807, 2.05) is 45.5 Å². The maximum atomic E-state index is 12.5. The third-order valence-corrected chi connectivity index (χ3v) is 7.21. The summed E-state index contributed by atoms with van der Waals surface area (Å²) < 4.78 is 6.08. The number of hydrogen-bond acceptors (Lipinski definition) is 5. The topological polar surface area (TPSA) is 62.7 Å². The van der Waals surface area contributed by atoms with Crippen LogP contribution in [0.3, 0.4) is 0 Å². The molecular weight excluding hydrogens is 434 g/mol. The normalized spacial score (nSPS) is 17.7. The number of amides is 2. The summed E-state index contributed by atoms with van der Waals surface area (Å²) in [6, 6.07) is 16.1. The van der Waals surface area contributed by atoms with Crippen LogP contribution >= 0.6 is 11.3 Å². The largest absolute Gasteiger partial charge is 0.486 e. The van der Waals surface area contributed by atoms with Crippen molar-refractivity contribution in [2.24, 2.45) is 0 Å². The number of carbonyl (C=O) groups excluding carboxylic acids is 2. The third-order valence-electron chi connectivity index (χ3n) is 6.39. The lowest BCUT2D eigenvalue weighted by Gasteiger charge is -2.37. The summed E-state index contributed by atoms with van der Waals surface area (Å²) in [4.78, 5) is 33.2. The Kier molecular flexibility index (Phi) is 6.13. The van der Waals surface area contributed by atoms with Gasteiger partial charge in [-0.05, 0) is 48.1 Å². The molecule has 2 amide bonds. The first-order chi connectivity index (χ1) is 16.1. The van der Waals surface area contributed by atoms with Gasteiger partial charge in [0.15, 0.2) is 0 Å². The Labute approximate surface area is 197 Å². The molecule has 0 radical (unpaired) electrons. The van der Waals surface area contributed by atoms with Gasteiger partial charge in [0.25, 0.3) is 5.91 Å². The number of likely N-dealkylation sites (tertiary alicyclic amines) is 1. The average Bonchev–Trinajstić information content (AvgIpc) is 3.54. The van der Waals surface area contributed by atoms with Gasteiger partial charge in [-0.15, -0.1) is 11.3 Å². The van der Waals surface area contributed by atoms with Gasteiger partial charge in [0.1, 0.15) is 23.1 Å². The summed E-state index contributed by atoms with van der Waals surface area (Å²) in [7, 11) is 0. The van der Waals surface area contributed by atoms with E-state index in [2.05, 4.69) is 23.2 Å². The van der Waals surface area contributed by atoms with Crippen LogP contribution in [0.2, 0.25) is 0 Å². The molecule has 0 bridgehead atoms. The molecule has 5 rings (SSSR count). The van der Waals surface area contributed by atoms with E-state index in [0.29, 0.717) is 18.8 Å². The summed E-state index contributed by atoms with van der Waals surface area (Å²) in [6.07, 6.45) is 2.96. The van der Waals surface area contributed by atoms with Gasteiger partial charge in [0.2, 0.25) is 5.91 Å². The molecule has 1 aromatic heterocycles. The zero-order valence-corrected chi connectivity index (χ0v) is 19.5. The fraction of sp³-hybridized carbons (Fsp3) is 0.346. The molecule has 1 atom stereocenters. The Morgan fingerprint density at radius 2 is 1.88 bits per heavy atom. The number of carbonyl (C=O) groups is 2. The van der Waals surface area contributed by atoms with Gasteiger partial charge in [0, 0.05) is 31.9 Å². The van der Waals surface area contributed by atoms with Gasteiger partial charge in [-0.25, -0.2) is 4.98 Å². The molecule has 7 heteroatoms. The zero-order chi connectivity index (χ0) is 22.8. The minimum absolute atomic E-state index is 0.0128. The van der Waals surface area contributed by atoms with Gasteiger partial charge in [-0.1, -0.05) is 36.4 Å². The highest BCUT2D eigenvalue weighted by atomic mass is 32.1. The summed E-state index contributed by atoms with van der Waals surface area (Å²) in [5.74, 6) is 0.820. The highest BCUT2D eigenvalue weighted by Gasteiger charge is 2.30. The lowest BCUT2D eigenvalue weighted by Crippen LogP contribution is -2.39. The number of ether oxygens (including phenoxy) is 1. The first-order valence-electron chi connectivity index (χ1n) is 11.4. The van der Waals surface area contributed by atoms with Crippen LogP contribution in [0.4, 0.5) is 0 Å². The molecule has 2 aliphatic rings. The summed E-state index contributed by atoms with van der Waals surface area (Å²) in [6.45, 7) is 4.28. The number of benzene rings is 2. The number of thiazole rings is 1. The molecule has 3 aromatic rings. The predicted octanol–water partition coefficient (Wildman–Crippen LogP) is 4.45. The molecule has 1 fully saturated rings. The quantitative estimate of drug-likeness (QED) is 0.563. The molecule has 0 saturated carbocycles. The van der Waals surface area contributed by atoms with E-state index < -0.39 is 0 Å². The molecule has 1 saturated heterocycles. The second-order valence-electron chi connectivity index (χ2n) is 8.55. The van der Waals surface area contributed by atoms with Gasteiger partial charge < -0.3 is 14.5 Å². The van der Waals surface area contributed by atoms with E-state index in [1.165, 1.54) is 16.9 Å². The number of fused-ring (bicyclic) bond motifs is 1. The molecule has 0 spiro atoms. The van der Waals surface area contributed by atoms with E-state index in [4.69, 9.17) is 4.74 Å². The fourth-order valence-electron chi connectivity index (χ4n) is 4.72. The zero-order valence-electron chi connectivity index (χ0n) is 18.7. The van der Waals surface area contributed by atoms with E-state index in [-0.39, 0.29) is 17.9 Å². The van der Waals surface area contributed by atoms with Crippen LogP contribution in [0.5, 0.6) is 5.75 Å². The Balaban J connectivity index is 1.34. The maximum Gasteiger partial charge on any atom is 0.273 e. The molecule has 0 N–H and O–H groups in total. The van der Waals surface area contributed by atoms with Gasteiger partial charge in [-0.3, -0.25) is 9.59 Å². The molecule has 2 aromatic carbocycles. The van der Waals surface area contributed by atoms with Crippen LogP contribution in [0.25, 0.3) is 0 Å². The number of rotatable bonds is 5. The molecule has 3 heterocycles. The monoisotopic (exact) mass is 461 g/mol. The Bertz CT molecular complexity index is 1150. The molecule has 6 nitrogen and oxygen atoms in total. The second-order valence-corrected chi connectivity index (χ2v) is 9.49. The summed E-state index contributed by atoms with van der Waals surface area (Å²) in [5.41, 5.74) is 3.94. The van der Waals surface area contributed by atoms with Crippen molar-refractivity contribution >= 4 is 23.2 Å². The van der Waals surface area contributed by atoms with E-state index in [9.17, 15) is 9.59 Å². The third kappa shape index (κ3) is 4.50. The molecule has 0 aliphatic carbocycles. The summed E-state index contributed by atoms with van der Waals surface area (Å²) >= 11 is 1.45. The maximum absolute atomic E-state index is 12.5. The number of nitrogens with zero attached hydrogens (tertiary/aromatic N) is 3. The van der Waals surface area contributed by atoms with Crippen LogP contribution in [-0.4, -0.2) is 46.2 Å². The van der Waals surface area contributed by atoms with Crippen LogP contribution in [0, 0.1) is 0 Å². The fourth-order valence-corrected chi connectivity index (χ4v) is 5.40. The minimum atomic E-state index is -0.124. The summed E-state index contributed by atoms with van der Waals surface area (Å²) in [5, 5.41) is 2.60. The van der Waals surface area contributed by atoms with Crippen molar-refractivity contribution in [3.63, 3.8) is 0 Å². The van der Waals surface area contributed by atoms with Crippen molar-refractivity contribution in [3.05, 3.63) is 81.3 Å². The molecular formula is C26H27N3O3S. The lowest BCUT2D eigenvalue weighted by atomic mass is 9.88. The van der Waals surface area contributed by atoms with Crippen molar-refractivity contribution in [1.29, 1.82) is 0 Å². The van der Waals surface area contributed by atoms with Gasteiger partial charge in [-0.2, -0.15) is 0 Å². The van der Waals surface area contributed by atoms with E-state index >= 15 is 0 Å². The van der Waals surface area contributed by atoms with E-state index in [1.54, 1.807) is 6.92 Å². The van der Waals surface area contributed by atoms with Crippen LogP contribution in [0.15, 0.2) is 53.9 Å². The highest BCUT2D eigenvalue weighted by Crippen LogP contribution is 2.37. The van der Waals surface area contributed by atoms with Crippen LogP contribution in [-0.2, 0) is 17.8 Å². The Hall–Kier alpha value is -3.19. The molecule has 1 unspecified atom stereocenters. The Morgan fingerprint density at radius 3 is 2.64 bits per heavy atom. The van der Waals surface area contributed by atoms with Crippen molar-refractivity contribution in [3.8, 4) is 5.75 Å². The number of hydrogen-bond donors (Lipinski definition) is 0. The lowest BCUT2D eigenvalue weighted by molar-refractivity contribution is -0.130. The molecule has 170 valence electrons. The van der Waals surface area contributed by atoms with Gasteiger partial charge >= 0.3 is 0 Å². The SMILES string of the molecule is CC(=O)N1CCc2ccc(OCc3nc(C(=O)N4CCCC4)cs3)cc2C1c1ccccc1. The van der Waals surface area contributed by atoms with Crippen molar-refractivity contribution < 1.29 is 14.3 Å². The van der Waals surface area contributed by atoms with Crippen molar-refractivity contribution in [2.45, 2.75) is 38.8 Å². The van der Waals surface area contributed by atoms with Gasteiger partial charge in [0.05, 0.1) is 6.04 Å². The van der Waals surface area contributed by atoms with Crippen molar-refractivity contribution in [2.75, 3.05) is 19.6 Å². The average molecular weight is 462 g/mol. The first-order valence-corrected chi connectivity index (χ1v) is 12.3. The predicted molar refractivity (Wildman–Crippen MR) is 127 cm³/mol. The first kappa shape index (κ1) is 21.6. The second kappa shape index (κ2) is 9.35. The Morgan fingerprint density at radius 1 is 1.09 bits per heavy atom. The number of aromatic nitrogens is 1. The van der Waals surface area contributed by atoms with E-state index in [0.717, 1.165) is 54.2 Å².